The van der Waals surface area contributed by atoms with Gasteiger partial charge in [0.25, 0.3) is 0 Å². The fraction of sp³-hybridized carbons (Fsp3) is 0.333. The van der Waals surface area contributed by atoms with Crippen LogP contribution in [-0.2, 0) is 16.6 Å². The number of sulfonamides is 1. The van der Waals surface area contributed by atoms with Gasteiger partial charge < -0.3 is 9.47 Å². The number of methoxy groups -OCH3 is 2. The summed E-state index contributed by atoms with van der Waals surface area (Å²) in [6, 6.07) is 12.6. The summed E-state index contributed by atoms with van der Waals surface area (Å²) in [5.41, 5.74) is 2.04. The minimum atomic E-state index is -3.71. The third kappa shape index (κ3) is 3.88. The SMILES string of the molecule is CCN(Cc1cccc(C)c1)S(=O)(=O)c1cc(OC)ccc1OC. The first-order valence-electron chi connectivity index (χ1n) is 7.70. The zero-order valence-corrected chi connectivity index (χ0v) is 15.3. The number of benzene rings is 2. The van der Waals surface area contributed by atoms with Gasteiger partial charge >= 0.3 is 0 Å². The second kappa shape index (κ2) is 7.68. The van der Waals surface area contributed by atoms with Crippen molar-refractivity contribution in [2.24, 2.45) is 0 Å². The summed E-state index contributed by atoms with van der Waals surface area (Å²) in [6.45, 7) is 4.47. The van der Waals surface area contributed by atoms with Crippen molar-refractivity contribution in [1.82, 2.24) is 4.31 Å². The van der Waals surface area contributed by atoms with Crippen LogP contribution in [0.4, 0.5) is 0 Å². The highest BCUT2D eigenvalue weighted by Crippen LogP contribution is 2.31. The van der Waals surface area contributed by atoms with E-state index in [1.165, 1.54) is 24.6 Å². The standard InChI is InChI=1S/C18H23NO4S/c1-5-19(13-15-8-6-7-14(2)11-15)24(20,21)18-12-16(22-3)9-10-17(18)23-4/h6-12H,5,13H2,1-4H3. The summed E-state index contributed by atoms with van der Waals surface area (Å²) in [7, 11) is -0.751. The Kier molecular flexibility index (Phi) is 5.85. The molecule has 2 aromatic carbocycles. The molecule has 0 saturated carbocycles. The van der Waals surface area contributed by atoms with Gasteiger partial charge in [-0.1, -0.05) is 36.8 Å². The Bertz CT molecular complexity index is 802. The Labute approximate surface area is 143 Å². The van der Waals surface area contributed by atoms with Crippen LogP contribution in [0.25, 0.3) is 0 Å². The minimum Gasteiger partial charge on any atom is -0.497 e. The Morgan fingerprint density at radius 1 is 1.04 bits per heavy atom. The number of nitrogens with zero attached hydrogens (tertiary/aromatic N) is 1. The molecular weight excluding hydrogens is 326 g/mol. The predicted octanol–water partition coefficient (Wildman–Crippen LogP) is 3.22. The van der Waals surface area contributed by atoms with Gasteiger partial charge in [0.1, 0.15) is 16.4 Å². The van der Waals surface area contributed by atoms with Crippen LogP contribution in [0.1, 0.15) is 18.1 Å². The fourth-order valence-corrected chi connectivity index (χ4v) is 4.11. The summed E-state index contributed by atoms with van der Waals surface area (Å²) >= 11 is 0. The highest BCUT2D eigenvalue weighted by Gasteiger charge is 2.27. The van der Waals surface area contributed by atoms with Gasteiger partial charge in [-0.2, -0.15) is 4.31 Å². The summed E-state index contributed by atoms with van der Waals surface area (Å²) in [5, 5.41) is 0. The fourth-order valence-electron chi connectivity index (χ4n) is 2.51. The number of aryl methyl sites for hydroxylation is 1. The Morgan fingerprint density at radius 3 is 2.38 bits per heavy atom. The number of ether oxygens (including phenoxy) is 2. The molecule has 0 amide bonds. The van der Waals surface area contributed by atoms with Gasteiger partial charge in [0, 0.05) is 19.2 Å². The number of hydrogen-bond donors (Lipinski definition) is 0. The summed E-state index contributed by atoms with van der Waals surface area (Å²) in [4.78, 5) is 0.110. The monoisotopic (exact) mass is 349 g/mol. The second-order valence-electron chi connectivity index (χ2n) is 5.44. The van der Waals surface area contributed by atoms with E-state index in [0.29, 0.717) is 24.6 Å². The lowest BCUT2D eigenvalue weighted by Gasteiger charge is -2.22. The molecule has 0 aliphatic heterocycles. The normalized spacial score (nSPS) is 11.5. The van der Waals surface area contributed by atoms with Crippen molar-refractivity contribution in [1.29, 1.82) is 0 Å². The van der Waals surface area contributed by atoms with Crippen LogP contribution in [-0.4, -0.2) is 33.5 Å². The van der Waals surface area contributed by atoms with Crippen LogP contribution in [0.5, 0.6) is 11.5 Å². The van der Waals surface area contributed by atoms with Gasteiger partial charge in [-0.05, 0) is 24.6 Å². The molecule has 2 rings (SSSR count). The third-order valence-electron chi connectivity index (χ3n) is 3.78. The topological polar surface area (TPSA) is 55.8 Å². The smallest absolute Gasteiger partial charge is 0.247 e. The van der Waals surface area contributed by atoms with Gasteiger partial charge in [-0.3, -0.25) is 0 Å². The van der Waals surface area contributed by atoms with Crippen LogP contribution in [0.3, 0.4) is 0 Å². The molecule has 24 heavy (non-hydrogen) atoms. The lowest BCUT2D eigenvalue weighted by Crippen LogP contribution is -2.30. The molecule has 0 radical (unpaired) electrons. The van der Waals surface area contributed by atoms with E-state index in [2.05, 4.69) is 0 Å². The average Bonchev–Trinajstić information content (AvgIpc) is 2.58. The Balaban J connectivity index is 2.43. The van der Waals surface area contributed by atoms with Crippen LogP contribution >= 0.6 is 0 Å². The van der Waals surface area contributed by atoms with E-state index in [4.69, 9.17) is 9.47 Å². The second-order valence-corrected chi connectivity index (χ2v) is 7.34. The van der Waals surface area contributed by atoms with E-state index in [9.17, 15) is 8.42 Å². The number of rotatable bonds is 7. The molecule has 2 aromatic rings. The van der Waals surface area contributed by atoms with Gasteiger partial charge in [0.2, 0.25) is 10.0 Å². The molecule has 0 aliphatic rings. The van der Waals surface area contributed by atoms with E-state index < -0.39 is 10.0 Å². The lowest BCUT2D eigenvalue weighted by atomic mass is 10.1. The third-order valence-corrected chi connectivity index (χ3v) is 5.72. The molecule has 0 aliphatic carbocycles. The molecule has 0 unspecified atom stereocenters. The van der Waals surface area contributed by atoms with Gasteiger partial charge in [-0.15, -0.1) is 0 Å². The zero-order chi connectivity index (χ0) is 17.7. The Morgan fingerprint density at radius 2 is 1.79 bits per heavy atom. The first-order valence-corrected chi connectivity index (χ1v) is 9.14. The molecular formula is C18H23NO4S. The quantitative estimate of drug-likeness (QED) is 0.770. The molecule has 0 bridgehead atoms. The highest BCUT2D eigenvalue weighted by atomic mass is 32.2. The summed E-state index contributed by atoms with van der Waals surface area (Å²) < 4.78 is 38.0. The molecule has 0 fully saturated rings. The molecule has 5 nitrogen and oxygen atoms in total. The molecule has 6 heteroatoms. The van der Waals surface area contributed by atoms with Crippen molar-refractivity contribution in [3.05, 3.63) is 53.6 Å². The van der Waals surface area contributed by atoms with Crippen LogP contribution in [0.2, 0.25) is 0 Å². The van der Waals surface area contributed by atoms with E-state index in [0.717, 1.165) is 11.1 Å². The molecule has 0 spiro atoms. The van der Waals surface area contributed by atoms with Crippen molar-refractivity contribution >= 4 is 10.0 Å². The van der Waals surface area contributed by atoms with Gasteiger partial charge in [0.05, 0.1) is 14.2 Å². The highest BCUT2D eigenvalue weighted by molar-refractivity contribution is 7.89. The predicted molar refractivity (Wildman–Crippen MR) is 94.0 cm³/mol. The van der Waals surface area contributed by atoms with Gasteiger partial charge in [0.15, 0.2) is 0 Å². The maximum Gasteiger partial charge on any atom is 0.247 e. The van der Waals surface area contributed by atoms with Crippen molar-refractivity contribution in [2.75, 3.05) is 20.8 Å². The summed E-state index contributed by atoms with van der Waals surface area (Å²) in [6.07, 6.45) is 0. The van der Waals surface area contributed by atoms with Crippen LogP contribution in [0, 0.1) is 6.92 Å². The first-order chi connectivity index (χ1) is 11.4. The molecule has 0 heterocycles. The van der Waals surface area contributed by atoms with Crippen LogP contribution in [0.15, 0.2) is 47.4 Å². The summed E-state index contributed by atoms with van der Waals surface area (Å²) in [5.74, 6) is 0.777. The molecule has 130 valence electrons. The average molecular weight is 349 g/mol. The van der Waals surface area contributed by atoms with E-state index in [1.807, 2.05) is 38.1 Å². The Hall–Kier alpha value is -2.05. The molecule has 0 N–H and O–H groups in total. The maximum absolute atomic E-state index is 13.1. The zero-order valence-electron chi connectivity index (χ0n) is 14.4. The minimum absolute atomic E-state index is 0.110. The molecule has 0 atom stereocenters. The van der Waals surface area contributed by atoms with E-state index in [1.54, 1.807) is 12.1 Å². The number of hydrogen-bond acceptors (Lipinski definition) is 4. The van der Waals surface area contributed by atoms with Crippen molar-refractivity contribution in [3.8, 4) is 11.5 Å². The van der Waals surface area contributed by atoms with Crippen molar-refractivity contribution < 1.29 is 17.9 Å². The maximum atomic E-state index is 13.1. The van der Waals surface area contributed by atoms with Crippen LogP contribution < -0.4 is 9.47 Å². The van der Waals surface area contributed by atoms with Gasteiger partial charge in [-0.25, -0.2) is 8.42 Å². The largest absolute Gasteiger partial charge is 0.497 e. The first kappa shape index (κ1) is 18.3. The molecule has 0 aromatic heterocycles. The molecule has 0 saturated heterocycles. The van der Waals surface area contributed by atoms with E-state index in [-0.39, 0.29) is 4.90 Å². The van der Waals surface area contributed by atoms with Crippen molar-refractivity contribution in [2.45, 2.75) is 25.3 Å². The lowest BCUT2D eigenvalue weighted by molar-refractivity contribution is 0.383. The van der Waals surface area contributed by atoms with Crippen molar-refractivity contribution in [3.63, 3.8) is 0 Å². The van der Waals surface area contributed by atoms with E-state index >= 15 is 0 Å².